The zero-order valence-electron chi connectivity index (χ0n) is 15.0. The third-order valence-electron chi connectivity index (χ3n) is 5.38. The summed E-state index contributed by atoms with van der Waals surface area (Å²) in [5, 5.41) is 0. The standard InChI is InChI=1S/C18H26BNO3/c1-12-10-14(19-22-17(3,4)18(5,6)23-19)11-13(2)16(12)20-9-7-8-15(20)21/h10-11H,7-9H2,1-6H3. The third-order valence-corrected chi connectivity index (χ3v) is 5.38. The molecule has 0 atom stereocenters. The van der Waals surface area contributed by atoms with Crippen LogP contribution in [0.5, 0.6) is 0 Å². The fourth-order valence-electron chi connectivity index (χ4n) is 3.41. The molecule has 23 heavy (non-hydrogen) atoms. The highest BCUT2D eigenvalue weighted by Crippen LogP contribution is 2.37. The highest BCUT2D eigenvalue weighted by Gasteiger charge is 2.51. The van der Waals surface area contributed by atoms with Crippen LogP contribution in [-0.2, 0) is 14.1 Å². The Morgan fingerprint density at radius 1 is 1.04 bits per heavy atom. The Balaban J connectivity index is 1.94. The minimum Gasteiger partial charge on any atom is -0.399 e. The molecule has 5 heteroatoms. The molecule has 0 unspecified atom stereocenters. The first-order chi connectivity index (χ1) is 10.6. The summed E-state index contributed by atoms with van der Waals surface area (Å²) in [6.07, 6.45) is 1.59. The van der Waals surface area contributed by atoms with E-state index in [0.717, 1.165) is 35.2 Å². The van der Waals surface area contributed by atoms with Crippen LogP contribution in [0, 0.1) is 13.8 Å². The number of carbonyl (C=O) groups excluding carboxylic acids is 1. The lowest BCUT2D eigenvalue weighted by molar-refractivity contribution is -0.117. The number of carbonyl (C=O) groups is 1. The van der Waals surface area contributed by atoms with Crippen LogP contribution in [0.25, 0.3) is 0 Å². The summed E-state index contributed by atoms with van der Waals surface area (Å²) >= 11 is 0. The van der Waals surface area contributed by atoms with Crippen molar-refractivity contribution < 1.29 is 14.1 Å². The van der Waals surface area contributed by atoms with Crippen LogP contribution >= 0.6 is 0 Å². The third kappa shape index (κ3) is 2.70. The van der Waals surface area contributed by atoms with Crippen LogP contribution in [0.4, 0.5) is 5.69 Å². The first-order valence-corrected chi connectivity index (χ1v) is 8.39. The Labute approximate surface area is 139 Å². The Bertz CT molecular complexity index is 615. The molecule has 1 aromatic carbocycles. The molecule has 0 aliphatic carbocycles. The molecule has 3 rings (SSSR count). The molecule has 2 fully saturated rings. The Kier molecular flexibility index (Phi) is 3.85. The second-order valence-electron chi connectivity index (χ2n) is 7.74. The number of nitrogens with zero attached hydrogens (tertiary/aromatic N) is 1. The number of anilines is 1. The van der Waals surface area contributed by atoms with Crippen molar-refractivity contribution >= 4 is 24.2 Å². The van der Waals surface area contributed by atoms with Crippen molar-refractivity contribution in [1.29, 1.82) is 0 Å². The molecule has 2 heterocycles. The van der Waals surface area contributed by atoms with E-state index >= 15 is 0 Å². The van der Waals surface area contributed by atoms with E-state index in [1.165, 1.54) is 0 Å². The van der Waals surface area contributed by atoms with Gasteiger partial charge in [-0.15, -0.1) is 0 Å². The van der Waals surface area contributed by atoms with Crippen molar-refractivity contribution in [3.8, 4) is 0 Å². The average molecular weight is 315 g/mol. The molecule has 0 N–H and O–H groups in total. The number of amides is 1. The highest BCUT2D eigenvalue weighted by atomic mass is 16.7. The fourth-order valence-corrected chi connectivity index (χ4v) is 3.41. The largest absolute Gasteiger partial charge is 0.494 e. The van der Waals surface area contributed by atoms with Gasteiger partial charge in [-0.25, -0.2) is 0 Å². The number of aryl methyl sites for hydroxylation is 2. The van der Waals surface area contributed by atoms with E-state index in [4.69, 9.17) is 9.31 Å². The van der Waals surface area contributed by atoms with Gasteiger partial charge in [-0.05, 0) is 64.6 Å². The number of benzene rings is 1. The average Bonchev–Trinajstić information content (AvgIpc) is 2.91. The molecule has 1 aromatic rings. The quantitative estimate of drug-likeness (QED) is 0.788. The second-order valence-corrected chi connectivity index (χ2v) is 7.74. The van der Waals surface area contributed by atoms with Gasteiger partial charge in [0.15, 0.2) is 0 Å². The van der Waals surface area contributed by atoms with Crippen molar-refractivity contribution in [1.82, 2.24) is 0 Å². The van der Waals surface area contributed by atoms with Crippen LogP contribution in [-0.4, -0.2) is 30.8 Å². The normalized spacial score (nSPS) is 23.0. The van der Waals surface area contributed by atoms with E-state index in [1.807, 2.05) is 4.90 Å². The molecule has 0 saturated carbocycles. The van der Waals surface area contributed by atoms with Crippen LogP contribution in [0.15, 0.2) is 12.1 Å². The topological polar surface area (TPSA) is 38.8 Å². The maximum absolute atomic E-state index is 12.1. The fraction of sp³-hybridized carbons (Fsp3) is 0.611. The molecule has 0 spiro atoms. The molecule has 0 radical (unpaired) electrons. The van der Waals surface area contributed by atoms with Crippen LogP contribution in [0.3, 0.4) is 0 Å². The molecule has 4 nitrogen and oxygen atoms in total. The first-order valence-electron chi connectivity index (χ1n) is 8.39. The molecule has 2 aliphatic heterocycles. The lowest BCUT2D eigenvalue weighted by Crippen LogP contribution is -2.41. The van der Waals surface area contributed by atoms with E-state index < -0.39 is 0 Å². The van der Waals surface area contributed by atoms with Gasteiger partial charge >= 0.3 is 7.12 Å². The van der Waals surface area contributed by atoms with E-state index in [-0.39, 0.29) is 24.2 Å². The van der Waals surface area contributed by atoms with Crippen molar-refractivity contribution in [2.24, 2.45) is 0 Å². The predicted molar refractivity (Wildman–Crippen MR) is 93.2 cm³/mol. The maximum atomic E-state index is 12.1. The van der Waals surface area contributed by atoms with Gasteiger partial charge in [0, 0.05) is 18.7 Å². The SMILES string of the molecule is Cc1cc(B2OC(C)(C)C(C)(C)O2)cc(C)c1N1CCCC1=O. The van der Waals surface area contributed by atoms with Gasteiger partial charge in [0.05, 0.1) is 11.2 Å². The Hall–Kier alpha value is -1.33. The van der Waals surface area contributed by atoms with E-state index in [1.54, 1.807) is 0 Å². The van der Waals surface area contributed by atoms with Gasteiger partial charge in [-0.2, -0.15) is 0 Å². The van der Waals surface area contributed by atoms with E-state index in [9.17, 15) is 4.79 Å². The molecule has 2 aliphatic rings. The van der Waals surface area contributed by atoms with Gasteiger partial charge in [0.1, 0.15) is 0 Å². The summed E-state index contributed by atoms with van der Waals surface area (Å²) in [5.41, 5.74) is 3.59. The first kappa shape index (κ1) is 16.5. The van der Waals surface area contributed by atoms with Gasteiger partial charge in [-0.1, -0.05) is 12.1 Å². The molecule has 0 bridgehead atoms. The second kappa shape index (κ2) is 5.35. The smallest absolute Gasteiger partial charge is 0.399 e. The van der Waals surface area contributed by atoms with Crippen LogP contribution in [0.1, 0.15) is 51.7 Å². The summed E-state index contributed by atoms with van der Waals surface area (Å²) in [5.74, 6) is 0.222. The van der Waals surface area contributed by atoms with Crippen LogP contribution in [0.2, 0.25) is 0 Å². The predicted octanol–water partition coefficient (Wildman–Crippen LogP) is 2.73. The summed E-state index contributed by atoms with van der Waals surface area (Å²) in [6, 6.07) is 4.19. The van der Waals surface area contributed by atoms with E-state index in [2.05, 4.69) is 53.7 Å². The van der Waals surface area contributed by atoms with Crippen molar-refractivity contribution in [2.45, 2.75) is 65.6 Å². The van der Waals surface area contributed by atoms with Gasteiger partial charge in [0.25, 0.3) is 0 Å². The lowest BCUT2D eigenvalue weighted by atomic mass is 9.77. The summed E-state index contributed by atoms with van der Waals surface area (Å²) in [4.78, 5) is 14.0. The highest BCUT2D eigenvalue weighted by molar-refractivity contribution is 6.62. The Morgan fingerprint density at radius 2 is 1.57 bits per heavy atom. The van der Waals surface area contributed by atoms with Gasteiger partial charge in [0.2, 0.25) is 5.91 Å². The number of hydrogen-bond acceptors (Lipinski definition) is 3. The zero-order chi connectivity index (χ0) is 17.0. The molecule has 1 amide bonds. The molecule has 124 valence electrons. The minimum atomic E-state index is -0.360. The number of hydrogen-bond donors (Lipinski definition) is 0. The van der Waals surface area contributed by atoms with Crippen molar-refractivity contribution in [2.75, 3.05) is 11.4 Å². The summed E-state index contributed by atoms with van der Waals surface area (Å²) < 4.78 is 12.3. The van der Waals surface area contributed by atoms with Crippen molar-refractivity contribution in [3.63, 3.8) is 0 Å². The van der Waals surface area contributed by atoms with Crippen molar-refractivity contribution in [3.05, 3.63) is 23.3 Å². The maximum Gasteiger partial charge on any atom is 0.494 e. The zero-order valence-corrected chi connectivity index (χ0v) is 15.0. The summed E-state index contributed by atoms with van der Waals surface area (Å²) in [6.45, 7) is 13.2. The molecular weight excluding hydrogens is 289 g/mol. The lowest BCUT2D eigenvalue weighted by Gasteiger charge is -2.32. The molecular formula is C18H26BNO3. The summed E-state index contributed by atoms with van der Waals surface area (Å²) in [7, 11) is -0.360. The molecule has 2 saturated heterocycles. The monoisotopic (exact) mass is 315 g/mol. The van der Waals surface area contributed by atoms with Gasteiger partial charge < -0.3 is 14.2 Å². The van der Waals surface area contributed by atoms with E-state index in [0.29, 0.717) is 6.42 Å². The molecule has 0 aromatic heterocycles. The Morgan fingerprint density at radius 3 is 2.00 bits per heavy atom. The van der Waals surface area contributed by atoms with Crippen LogP contribution < -0.4 is 10.4 Å². The minimum absolute atomic E-state index is 0.222. The number of rotatable bonds is 2. The van der Waals surface area contributed by atoms with Gasteiger partial charge in [-0.3, -0.25) is 4.79 Å².